The second-order valence-electron chi connectivity index (χ2n) is 7.66. The Kier molecular flexibility index (Phi) is 5.91. The fourth-order valence-corrected chi connectivity index (χ4v) is 6.05. The lowest BCUT2D eigenvalue weighted by atomic mass is 9.96. The Labute approximate surface area is 157 Å². The molecule has 1 heterocycles. The van der Waals surface area contributed by atoms with Crippen LogP contribution in [0.2, 0.25) is 0 Å². The van der Waals surface area contributed by atoms with Gasteiger partial charge >= 0.3 is 0 Å². The van der Waals surface area contributed by atoms with Gasteiger partial charge < -0.3 is 4.90 Å². The molecule has 1 saturated carbocycles. The van der Waals surface area contributed by atoms with Gasteiger partial charge in [0.15, 0.2) is 0 Å². The summed E-state index contributed by atoms with van der Waals surface area (Å²) >= 11 is 0. The van der Waals surface area contributed by atoms with Crippen LogP contribution in [0.1, 0.15) is 43.7 Å². The lowest BCUT2D eigenvalue weighted by Crippen LogP contribution is -2.45. The van der Waals surface area contributed by atoms with Crippen LogP contribution in [-0.2, 0) is 14.9 Å². The van der Waals surface area contributed by atoms with E-state index in [1.807, 2.05) is 50.3 Å². The molecule has 1 aromatic rings. The SMILES string of the molecule is CN(C)c1ccc([C@H]2[C@H](S(=O)(=O)N(C)C3CCCCC3)CON2C)cc1. The van der Waals surface area contributed by atoms with Crippen LogP contribution >= 0.6 is 0 Å². The van der Waals surface area contributed by atoms with E-state index in [-0.39, 0.29) is 18.7 Å². The highest BCUT2D eigenvalue weighted by molar-refractivity contribution is 7.89. The highest BCUT2D eigenvalue weighted by Crippen LogP contribution is 2.36. The first-order valence-electron chi connectivity index (χ1n) is 9.42. The quantitative estimate of drug-likeness (QED) is 0.785. The molecule has 0 N–H and O–H groups in total. The van der Waals surface area contributed by atoms with Crippen LogP contribution in [0.15, 0.2) is 24.3 Å². The fraction of sp³-hybridized carbons (Fsp3) is 0.684. The van der Waals surface area contributed by atoms with Gasteiger partial charge in [0.05, 0.1) is 12.6 Å². The topological polar surface area (TPSA) is 53.1 Å². The number of hydrogen-bond acceptors (Lipinski definition) is 5. The zero-order chi connectivity index (χ0) is 18.9. The van der Waals surface area contributed by atoms with Crippen molar-refractivity contribution < 1.29 is 13.3 Å². The lowest BCUT2D eigenvalue weighted by molar-refractivity contribution is -0.110. The monoisotopic (exact) mass is 381 g/mol. The average Bonchev–Trinajstić information content (AvgIpc) is 3.04. The number of hydroxylamine groups is 2. The fourth-order valence-electron chi connectivity index (χ4n) is 4.11. The second kappa shape index (κ2) is 7.84. The van der Waals surface area contributed by atoms with Gasteiger partial charge in [0.2, 0.25) is 10.0 Å². The summed E-state index contributed by atoms with van der Waals surface area (Å²) in [6.07, 6.45) is 5.35. The van der Waals surface area contributed by atoms with E-state index in [0.717, 1.165) is 36.9 Å². The van der Waals surface area contributed by atoms with Crippen LogP contribution in [0.4, 0.5) is 5.69 Å². The van der Waals surface area contributed by atoms with E-state index in [9.17, 15) is 8.42 Å². The van der Waals surface area contributed by atoms with E-state index in [1.54, 1.807) is 16.4 Å². The van der Waals surface area contributed by atoms with Crippen molar-refractivity contribution >= 4 is 15.7 Å². The molecule has 0 aromatic heterocycles. The molecule has 1 aliphatic heterocycles. The van der Waals surface area contributed by atoms with Crippen LogP contribution in [-0.4, -0.2) is 63.9 Å². The van der Waals surface area contributed by atoms with E-state index < -0.39 is 15.3 Å². The molecule has 2 fully saturated rings. The standard InChI is InChI=1S/C19H31N3O3S/c1-20(2)16-12-10-15(11-13-16)19-18(14-25-21(19)3)26(23,24)22(4)17-8-6-5-7-9-17/h10-13,17-19H,5-9,14H2,1-4H3/t18-,19+/m1/s1. The maximum atomic E-state index is 13.3. The Morgan fingerprint density at radius 3 is 2.23 bits per heavy atom. The smallest absolute Gasteiger partial charge is 0.221 e. The molecule has 3 rings (SSSR count). The number of benzene rings is 1. The van der Waals surface area contributed by atoms with E-state index in [2.05, 4.69) is 0 Å². The molecule has 146 valence electrons. The summed E-state index contributed by atoms with van der Waals surface area (Å²) in [5, 5.41) is 1.12. The molecular weight excluding hydrogens is 350 g/mol. The minimum absolute atomic E-state index is 0.122. The summed E-state index contributed by atoms with van der Waals surface area (Å²) in [4.78, 5) is 7.68. The number of sulfonamides is 1. The summed E-state index contributed by atoms with van der Waals surface area (Å²) in [5.74, 6) is 0. The van der Waals surface area contributed by atoms with Crippen molar-refractivity contribution in [1.82, 2.24) is 9.37 Å². The second-order valence-corrected chi connectivity index (χ2v) is 9.88. The first kappa shape index (κ1) is 19.6. The van der Waals surface area contributed by atoms with Gasteiger partial charge in [-0.1, -0.05) is 31.4 Å². The van der Waals surface area contributed by atoms with E-state index in [4.69, 9.17) is 4.84 Å². The van der Waals surface area contributed by atoms with Crippen molar-refractivity contribution in [2.45, 2.75) is 49.4 Å². The first-order valence-corrected chi connectivity index (χ1v) is 10.9. The van der Waals surface area contributed by atoms with Crippen LogP contribution in [0.25, 0.3) is 0 Å². The molecular formula is C19H31N3O3S. The zero-order valence-corrected chi connectivity index (χ0v) is 17.1. The van der Waals surface area contributed by atoms with E-state index in [0.29, 0.717) is 0 Å². The molecule has 26 heavy (non-hydrogen) atoms. The molecule has 1 saturated heterocycles. The van der Waals surface area contributed by atoms with Gasteiger partial charge in [0.1, 0.15) is 5.25 Å². The Morgan fingerprint density at radius 2 is 1.65 bits per heavy atom. The van der Waals surface area contributed by atoms with Crippen molar-refractivity contribution in [3.63, 3.8) is 0 Å². The van der Waals surface area contributed by atoms with Crippen LogP contribution < -0.4 is 4.90 Å². The summed E-state index contributed by atoms with van der Waals surface area (Å²) in [7, 11) is 4.11. The third-order valence-electron chi connectivity index (χ3n) is 5.81. The molecule has 1 aliphatic carbocycles. The Morgan fingerprint density at radius 1 is 1.04 bits per heavy atom. The minimum atomic E-state index is -3.44. The summed E-state index contributed by atoms with van der Waals surface area (Å²) in [5.41, 5.74) is 2.07. The molecule has 0 bridgehead atoms. The van der Waals surface area contributed by atoms with Crippen LogP contribution in [0, 0.1) is 0 Å². The molecule has 6 nitrogen and oxygen atoms in total. The van der Waals surface area contributed by atoms with Gasteiger partial charge in [-0.05, 0) is 30.5 Å². The van der Waals surface area contributed by atoms with Gasteiger partial charge in [-0.15, -0.1) is 0 Å². The van der Waals surface area contributed by atoms with Crippen molar-refractivity contribution in [3.05, 3.63) is 29.8 Å². The Bertz CT molecular complexity index is 699. The van der Waals surface area contributed by atoms with Gasteiger partial charge in [-0.25, -0.2) is 12.7 Å². The molecule has 2 aliphatic rings. The molecule has 2 atom stereocenters. The van der Waals surface area contributed by atoms with E-state index in [1.165, 1.54) is 6.42 Å². The largest absolute Gasteiger partial charge is 0.378 e. The Hall–Kier alpha value is -1.15. The number of anilines is 1. The molecule has 0 radical (unpaired) electrons. The molecule has 0 amide bonds. The normalized spacial score (nSPS) is 25.7. The summed E-state index contributed by atoms with van der Waals surface area (Å²) in [6, 6.07) is 7.90. The summed E-state index contributed by atoms with van der Waals surface area (Å²) in [6.45, 7) is 0.204. The van der Waals surface area contributed by atoms with Crippen molar-refractivity contribution in [2.75, 3.05) is 39.7 Å². The predicted molar refractivity (Wildman–Crippen MR) is 105 cm³/mol. The van der Waals surface area contributed by atoms with Crippen molar-refractivity contribution in [3.8, 4) is 0 Å². The average molecular weight is 382 g/mol. The number of hydrogen-bond donors (Lipinski definition) is 0. The van der Waals surface area contributed by atoms with Gasteiger partial charge in [0.25, 0.3) is 0 Å². The Balaban J connectivity index is 1.85. The predicted octanol–water partition coefficient (Wildman–Crippen LogP) is 2.63. The maximum absolute atomic E-state index is 13.3. The van der Waals surface area contributed by atoms with Gasteiger partial charge in [-0.2, -0.15) is 5.06 Å². The lowest BCUT2D eigenvalue weighted by Gasteiger charge is -2.33. The van der Waals surface area contributed by atoms with Crippen LogP contribution in [0.5, 0.6) is 0 Å². The highest BCUT2D eigenvalue weighted by Gasteiger charge is 2.46. The van der Waals surface area contributed by atoms with E-state index >= 15 is 0 Å². The highest BCUT2D eigenvalue weighted by atomic mass is 32.2. The van der Waals surface area contributed by atoms with Crippen molar-refractivity contribution in [1.29, 1.82) is 0 Å². The number of nitrogens with zero attached hydrogens (tertiary/aromatic N) is 3. The molecule has 7 heteroatoms. The van der Waals surface area contributed by atoms with Gasteiger partial charge in [-0.3, -0.25) is 4.84 Å². The molecule has 1 aromatic carbocycles. The van der Waals surface area contributed by atoms with Gasteiger partial charge in [0, 0.05) is 39.9 Å². The molecule has 0 spiro atoms. The minimum Gasteiger partial charge on any atom is -0.378 e. The zero-order valence-electron chi connectivity index (χ0n) is 16.3. The van der Waals surface area contributed by atoms with Crippen LogP contribution in [0.3, 0.4) is 0 Å². The van der Waals surface area contributed by atoms with Crippen molar-refractivity contribution in [2.24, 2.45) is 0 Å². The first-order chi connectivity index (χ1) is 12.3. The maximum Gasteiger partial charge on any atom is 0.221 e. The number of rotatable bonds is 5. The third-order valence-corrected chi connectivity index (χ3v) is 8.07. The third kappa shape index (κ3) is 3.76. The summed E-state index contributed by atoms with van der Waals surface area (Å²) < 4.78 is 28.3. The molecule has 0 unspecified atom stereocenters.